The Bertz CT molecular complexity index is 657. The molecule has 0 radical (unpaired) electrons. The van der Waals surface area contributed by atoms with Crippen molar-refractivity contribution in [3.8, 4) is 0 Å². The van der Waals surface area contributed by atoms with E-state index >= 15 is 0 Å². The van der Waals surface area contributed by atoms with Gasteiger partial charge < -0.3 is 10.4 Å². The summed E-state index contributed by atoms with van der Waals surface area (Å²) in [6, 6.07) is 17.7. The van der Waals surface area contributed by atoms with Crippen LogP contribution in [0.5, 0.6) is 0 Å². The molecule has 120 valence electrons. The summed E-state index contributed by atoms with van der Waals surface area (Å²) in [5, 5.41) is 12.7. The van der Waals surface area contributed by atoms with Crippen LogP contribution in [0.2, 0.25) is 0 Å². The molecule has 0 saturated heterocycles. The van der Waals surface area contributed by atoms with Crippen molar-refractivity contribution in [1.29, 1.82) is 0 Å². The normalized spacial score (nSPS) is 17.5. The van der Waals surface area contributed by atoms with E-state index in [2.05, 4.69) is 22.3 Å². The fraction of sp³-hybridized carbons (Fsp3) is 0.316. The maximum absolute atomic E-state index is 12.1. The van der Waals surface area contributed by atoms with Crippen molar-refractivity contribution in [2.24, 2.45) is 0 Å². The monoisotopic (exact) mass is 310 g/mol. The summed E-state index contributed by atoms with van der Waals surface area (Å²) in [4.78, 5) is 14.3. The highest BCUT2D eigenvalue weighted by Crippen LogP contribution is 2.29. The van der Waals surface area contributed by atoms with Crippen molar-refractivity contribution in [2.45, 2.75) is 18.9 Å². The summed E-state index contributed by atoms with van der Waals surface area (Å²) >= 11 is 0. The first kappa shape index (κ1) is 15.7. The van der Waals surface area contributed by atoms with Crippen LogP contribution in [0, 0.1) is 0 Å². The Morgan fingerprint density at radius 3 is 2.65 bits per heavy atom. The molecule has 1 aliphatic heterocycles. The van der Waals surface area contributed by atoms with Gasteiger partial charge in [0.25, 0.3) is 0 Å². The highest BCUT2D eigenvalue weighted by Gasteiger charge is 2.26. The third kappa shape index (κ3) is 3.78. The Balaban J connectivity index is 1.59. The van der Waals surface area contributed by atoms with Crippen LogP contribution in [0.15, 0.2) is 54.6 Å². The molecule has 4 nitrogen and oxygen atoms in total. The summed E-state index contributed by atoms with van der Waals surface area (Å²) in [5.41, 5.74) is 3.31. The first-order chi connectivity index (χ1) is 11.3. The molecule has 0 fully saturated rings. The highest BCUT2D eigenvalue weighted by atomic mass is 16.3. The number of anilines is 1. The molecule has 4 heteroatoms. The zero-order valence-electron chi connectivity index (χ0n) is 13.1. The van der Waals surface area contributed by atoms with Crippen molar-refractivity contribution in [2.75, 3.05) is 25.0 Å². The summed E-state index contributed by atoms with van der Waals surface area (Å²) in [6.07, 6.45) is 1.39. The number of aliphatic hydroxyl groups is 1. The van der Waals surface area contributed by atoms with Crippen LogP contribution >= 0.6 is 0 Å². The number of fused-ring (bicyclic) bond motifs is 1. The number of rotatable bonds is 5. The van der Waals surface area contributed by atoms with Gasteiger partial charge in [-0.15, -0.1) is 0 Å². The Hall–Kier alpha value is -2.17. The fourth-order valence-corrected chi connectivity index (χ4v) is 3.18. The molecule has 0 bridgehead atoms. The van der Waals surface area contributed by atoms with E-state index in [-0.39, 0.29) is 18.6 Å². The van der Waals surface area contributed by atoms with Gasteiger partial charge in [0.15, 0.2) is 0 Å². The number of aliphatic hydroxyl groups excluding tert-OH is 1. The number of hydrogen-bond donors (Lipinski definition) is 2. The van der Waals surface area contributed by atoms with E-state index in [1.807, 2.05) is 42.5 Å². The van der Waals surface area contributed by atoms with Crippen LogP contribution < -0.4 is 5.32 Å². The van der Waals surface area contributed by atoms with E-state index in [4.69, 9.17) is 0 Å². The van der Waals surface area contributed by atoms with Gasteiger partial charge in [-0.05, 0) is 29.7 Å². The molecule has 23 heavy (non-hydrogen) atoms. The van der Waals surface area contributed by atoms with Gasteiger partial charge in [-0.3, -0.25) is 9.69 Å². The third-order valence-corrected chi connectivity index (χ3v) is 4.38. The van der Waals surface area contributed by atoms with Gasteiger partial charge in [-0.25, -0.2) is 0 Å². The van der Waals surface area contributed by atoms with Crippen LogP contribution in [0.4, 0.5) is 5.69 Å². The van der Waals surface area contributed by atoms with Gasteiger partial charge in [0.2, 0.25) is 5.91 Å². The number of nitrogens with zero attached hydrogens (tertiary/aromatic N) is 1. The lowest BCUT2D eigenvalue weighted by molar-refractivity contribution is -0.116. The predicted octanol–water partition coefficient (Wildman–Crippen LogP) is 2.61. The number of para-hydroxylation sites is 1. The van der Waals surface area contributed by atoms with Gasteiger partial charge in [-0.1, -0.05) is 42.5 Å². The first-order valence-corrected chi connectivity index (χ1v) is 8.05. The lowest BCUT2D eigenvalue weighted by Crippen LogP contribution is -2.39. The van der Waals surface area contributed by atoms with Crippen molar-refractivity contribution < 1.29 is 9.90 Å². The number of benzene rings is 2. The van der Waals surface area contributed by atoms with E-state index in [0.717, 1.165) is 18.7 Å². The molecular formula is C19H22N2O2. The van der Waals surface area contributed by atoms with E-state index in [0.29, 0.717) is 13.0 Å². The average molecular weight is 310 g/mol. The van der Waals surface area contributed by atoms with Crippen molar-refractivity contribution in [3.05, 3.63) is 65.7 Å². The number of amides is 1. The highest BCUT2D eigenvalue weighted by molar-refractivity contribution is 5.90. The van der Waals surface area contributed by atoms with E-state index in [9.17, 15) is 9.90 Å². The molecule has 3 rings (SSSR count). The standard InChI is InChI=1S/C19H22N2O2/c22-14-18-17-9-5-4-6-15(17)10-12-21(18)13-11-19(23)20-16-7-2-1-3-8-16/h1-9,18,22H,10-14H2,(H,20,23). The number of carbonyl (C=O) groups excluding carboxylic acids is 1. The largest absolute Gasteiger partial charge is 0.394 e. The van der Waals surface area contributed by atoms with Gasteiger partial charge in [0.05, 0.1) is 12.6 Å². The molecular weight excluding hydrogens is 288 g/mol. The molecule has 2 aromatic carbocycles. The lowest BCUT2D eigenvalue weighted by atomic mass is 9.93. The second-order valence-electron chi connectivity index (χ2n) is 5.85. The zero-order valence-corrected chi connectivity index (χ0v) is 13.1. The lowest BCUT2D eigenvalue weighted by Gasteiger charge is -2.36. The maximum atomic E-state index is 12.1. The Kier molecular flexibility index (Phi) is 5.05. The third-order valence-electron chi connectivity index (χ3n) is 4.38. The summed E-state index contributed by atoms with van der Waals surface area (Å²) in [6.45, 7) is 1.61. The predicted molar refractivity (Wildman–Crippen MR) is 91.2 cm³/mol. The molecule has 1 aliphatic rings. The maximum Gasteiger partial charge on any atom is 0.225 e. The van der Waals surface area contributed by atoms with Crippen LogP contribution in [0.25, 0.3) is 0 Å². The number of carbonyl (C=O) groups is 1. The quantitative estimate of drug-likeness (QED) is 0.892. The minimum atomic E-state index is -0.00975. The number of nitrogens with one attached hydrogen (secondary N) is 1. The molecule has 0 saturated carbocycles. The Morgan fingerprint density at radius 1 is 1.13 bits per heavy atom. The van der Waals surface area contributed by atoms with Crippen LogP contribution in [0.1, 0.15) is 23.6 Å². The molecule has 2 N–H and O–H groups in total. The Morgan fingerprint density at radius 2 is 1.87 bits per heavy atom. The van der Waals surface area contributed by atoms with Crippen molar-refractivity contribution in [3.63, 3.8) is 0 Å². The number of hydrogen-bond acceptors (Lipinski definition) is 3. The van der Waals surface area contributed by atoms with Gasteiger partial charge in [0.1, 0.15) is 0 Å². The first-order valence-electron chi connectivity index (χ1n) is 8.05. The van der Waals surface area contributed by atoms with Crippen LogP contribution in [-0.2, 0) is 11.2 Å². The minimum Gasteiger partial charge on any atom is -0.394 e. The van der Waals surface area contributed by atoms with E-state index < -0.39 is 0 Å². The van der Waals surface area contributed by atoms with Crippen molar-refractivity contribution >= 4 is 11.6 Å². The average Bonchev–Trinajstić information content (AvgIpc) is 2.60. The second-order valence-corrected chi connectivity index (χ2v) is 5.85. The SMILES string of the molecule is O=C(CCN1CCc2ccccc2C1CO)Nc1ccccc1. The fourth-order valence-electron chi connectivity index (χ4n) is 3.18. The van der Waals surface area contributed by atoms with Crippen molar-refractivity contribution in [1.82, 2.24) is 4.90 Å². The van der Waals surface area contributed by atoms with Crippen LogP contribution in [-0.4, -0.2) is 35.6 Å². The van der Waals surface area contributed by atoms with Gasteiger partial charge in [0, 0.05) is 25.2 Å². The van der Waals surface area contributed by atoms with E-state index in [1.165, 1.54) is 11.1 Å². The van der Waals surface area contributed by atoms with E-state index in [1.54, 1.807) is 0 Å². The molecule has 1 heterocycles. The minimum absolute atomic E-state index is 0.00625. The summed E-state index contributed by atoms with van der Waals surface area (Å²) in [7, 11) is 0. The molecule has 1 atom stereocenters. The summed E-state index contributed by atoms with van der Waals surface area (Å²) < 4.78 is 0. The molecule has 0 aromatic heterocycles. The Labute approximate surface area is 136 Å². The molecule has 2 aromatic rings. The molecule has 1 unspecified atom stereocenters. The second kappa shape index (κ2) is 7.40. The van der Waals surface area contributed by atoms with Gasteiger partial charge in [-0.2, -0.15) is 0 Å². The molecule has 0 aliphatic carbocycles. The molecule has 0 spiro atoms. The summed E-state index contributed by atoms with van der Waals surface area (Å²) in [5.74, 6) is 0.00625. The smallest absolute Gasteiger partial charge is 0.225 e. The van der Waals surface area contributed by atoms with Gasteiger partial charge >= 0.3 is 0 Å². The topological polar surface area (TPSA) is 52.6 Å². The molecule has 1 amide bonds. The van der Waals surface area contributed by atoms with Crippen LogP contribution in [0.3, 0.4) is 0 Å². The zero-order chi connectivity index (χ0) is 16.1.